The van der Waals surface area contributed by atoms with Crippen molar-refractivity contribution < 1.29 is 14.6 Å². The zero-order chi connectivity index (χ0) is 13.6. The summed E-state index contributed by atoms with van der Waals surface area (Å²) in [5.41, 5.74) is -0.285. The molecule has 0 atom stereocenters. The van der Waals surface area contributed by atoms with E-state index in [-0.39, 0.29) is 17.9 Å². The number of ether oxygens (including phenoxy) is 1. The van der Waals surface area contributed by atoms with Crippen LogP contribution in [0.5, 0.6) is 0 Å². The summed E-state index contributed by atoms with van der Waals surface area (Å²) < 4.78 is 5.24. The molecule has 0 saturated carbocycles. The number of rotatable bonds is 5. The Bertz CT molecular complexity index is 255. The first kappa shape index (κ1) is 15.4. The van der Waals surface area contributed by atoms with Crippen molar-refractivity contribution >= 4 is 5.91 Å². The topological polar surface area (TPSA) is 53.0 Å². The summed E-state index contributed by atoms with van der Waals surface area (Å²) in [5.74, 6) is 0.235. The Labute approximate surface area is 110 Å². The van der Waals surface area contributed by atoms with Crippen molar-refractivity contribution in [2.24, 2.45) is 5.41 Å². The van der Waals surface area contributed by atoms with E-state index in [1.165, 1.54) is 0 Å². The van der Waals surface area contributed by atoms with E-state index in [1.807, 2.05) is 25.7 Å². The molecule has 1 heterocycles. The molecule has 1 fully saturated rings. The molecule has 0 unspecified atom stereocenters. The number of nitrogens with zero attached hydrogens (tertiary/aromatic N) is 2. The predicted molar refractivity (Wildman–Crippen MR) is 70.4 cm³/mol. The van der Waals surface area contributed by atoms with Gasteiger partial charge >= 0.3 is 0 Å². The van der Waals surface area contributed by atoms with Crippen molar-refractivity contribution in [1.29, 1.82) is 0 Å². The third-order valence-corrected chi connectivity index (χ3v) is 3.09. The molecule has 0 spiro atoms. The van der Waals surface area contributed by atoms with Gasteiger partial charge in [0.05, 0.1) is 19.8 Å². The van der Waals surface area contributed by atoms with Crippen LogP contribution >= 0.6 is 0 Å². The molecule has 1 N–H and O–H groups in total. The van der Waals surface area contributed by atoms with Crippen LogP contribution in [-0.4, -0.2) is 73.4 Å². The molecule has 0 aromatic carbocycles. The van der Waals surface area contributed by atoms with E-state index in [4.69, 9.17) is 9.84 Å². The van der Waals surface area contributed by atoms with Crippen LogP contribution in [0.2, 0.25) is 0 Å². The van der Waals surface area contributed by atoms with Gasteiger partial charge in [-0.25, -0.2) is 0 Å². The maximum Gasteiger partial charge on any atom is 0.228 e. The summed E-state index contributed by atoms with van der Waals surface area (Å²) in [5, 5.41) is 8.59. The fraction of sp³-hybridized carbons (Fsp3) is 0.923. The van der Waals surface area contributed by atoms with Crippen molar-refractivity contribution in [2.45, 2.75) is 20.8 Å². The standard InChI is InChI=1S/C13H26N2O3/c1-13(2,3)12(17)15-6-4-14(5-7-15)8-10-18-11-9-16/h16H,4-11H2,1-3H3. The predicted octanol–water partition coefficient (Wildman–Crippen LogP) is 0.186. The first-order valence-corrected chi connectivity index (χ1v) is 6.65. The number of aliphatic hydroxyl groups is 1. The maximum absolute atomic E-state index is 12.1. The average Bonchev–Trinajstić information content (AvgIpc) is 2.33. The van der Waals surface area contributed by atoms with Gasteiger partial charge in [0.15, 0.2) is 0 Å². The highest BCUT2D eigenvalue weighted by Gasteiger charge is 2.29. The molecule has 0 bridgehead atoms. The number of hydrogen-bond acceptors (Lipinski definition) is 4. The molecule has 1 aliphatic rings. The van der Waals surface area contributed by atoms with E-state index in [9.17, 15) is 4.79 Å². The monoisotopic (exact) mass is 258 g/mol. The molecule has 5 heteroatoms. The lowest BCUT2D eigenvalue weighted by atomic mass is 9.94. The zero-order valence-corrected chi connectivity index (χ0v) is 11.8. The Morgan fingerprint density at radius 1 is 1.17 bits per heavy atom. The van der Waals surface area contributed by atoms with E-state index in [1.54, 1.807) is 0 Å². The van der Waals surface area contributed by atoms with Crippen molar-refractivity contribution in [3.05, 3.63) is 0 Å². The summed E-state index contributed by atoms with van der Waals surface area (Å²) in [4.78, 5) is 16.3. The molecule has 0 aliphatic carbocycles. The average molecular weight is 258 g/mol. The molecule has 18 heavy (non-hydrogen) atoms. The van der Waals surface area contributed by atoms with Gasteiger partial charge in [-0.3, -0.25) is 9.69 Å². The number of amides is 1. The van der Waals surface area contributed by atoms with Crippen LogP contribution in [0.1, 0.15) is 20.8 Å². The minimum absolute atomic E-state index is 0.0772. The summed E-state index contributed by atoms with van der Waals surface area (Å²) in [6.45, 7) is 11.3. The lowest BCUT2D eigenvalue weighted by Crippen LogP contribution is -2.52. The first-order chi connectivity index (χ1) is 8.45. The minimum Gasteiger partial charge on any atom is -0.394 e. The number of hydrogen-bond donors (Lipinski definition) is 1. The second kappa shape index (κ2) is 7.07. The van der Waals surface area contributed by atoms with Gasteiger partial charge in [0.25, 0.3) is 0 Å². The lowest BCUT2D eigenvalue weighted by molar-refractivity contribution is -0.141. The molecule has 0 aromatic rings. The van der Waals surface area contributed by atoms with Gasteiger partial charge in [-0.2, -0.15) is 0 Å². The fourth-order valence-electron chi connectivity index (χ4n) is 2.01. The largest absolute Gasteiger partial charge is 0.394 e. The van der Waals surface area contributed by atoms with Crippen LogP contribution < -0.4 is 0 Å². The third kappa shape index (κ3) is 4.92. The van der Waals surface area contributed by atoms with Gasteiger partial charge in [-0.15, -0.1) is 0 Å². The van der Waals surface area contributed by atoms with E-state index >= 15 is 0 Å². The van der Waals surface area contributed by atoms with Crippen LogP contribution in [-0.2, 0) is 9.53 Å². The van der Waals surface area contributed by atoms with E-state index in [2.05, 4.69) is 4.90 Å². The smallest absolute Gasteiger partial charge is 0.228 e. The highest BCUT2D eigenvalue weighted by molar-refractivity contribution is 5.81. The number of carbonyl (C=O) groups excluding carboxylic acids is 1. The summed E-state index contributed by atoms with van der Waals surface area (Å²) in [6, 6.07) is 0. The maximum atomic E-state index is 12.1. The van der Waals surface area contributed by atoms with Gasteiger partial charge < -0.3 is 14.7 Å². The Balaban J connectivity index is 2.22. The van der Waals surface area contributed by atoms with Crippen LogP contribution in [0.25, 0.3) is 0 Å². The van der Waals surface area contributed by atoms with Crippen molar-refractivity contribution in [2.75, 3.05) is 52.5 Å². The molecule has 5 nitrogen and oxygen atoms in total. The summed E-state index contributed by atoms with van der Waals surface area (Å²) in [7, 11) is 0. The molecular formula is C13H26N2O3. The van der Waals surface area contributed by atoms with Crippen molar-refractivity contribution in [3.63, 3.8) is 0 Å². The zero-order valence-electron chi connectivity index (χ0n) is 11.8. The van der Waals surface area contributed by atoms with Crippen LogP contribution in [0.3, 0.4) is 0 Å². The molecule has 1 amide bonds. The Morgan fingerprint density at radius 3 is 2.28 bits per heavy atom. The molecule has 1 aliphatic heterocycles. The molecule has 1 saturated heterocycles. The second-order valence-electron chi connectivity index (χ2n) is 5.72. The number of piperazine rings is 1. The minimum atomic E-state index is -0.285. The SMILES string of the molecule is CC(C)(C)C(=O)N1CCN(CCOCCO)CC1. The normalized spacial score (nSPS) is 18.1. The lowest BCUT2D eigenvalue weighted by Gasteiger charge is -2.37. The van der Waals surface area contributed by atoms with Gasteiger partial charge in [0.2, 0.25) is 5.91 Å². The van der Waals surface area contributed by atoms with Gasteiger partial charge in [-0.1, -0.05) is 20.8 Å². The Hall–Kier alpha value is -0.650. The quantitative estimate of drug-likeness (QED) is 0.715. The fourth-order valence-corrected chi connectivity index (χ4v) is 2.01. The number of carbonyl (C=O) groups is 1. The molecule has 106 valence electrons. The third-order valence-electron chi connectivity index (χ3n) is 3.09. The van der Waals surface area contributed by atoms with Crippen molar-refractivity contribution in [1.82, 2.24) is 9.80 Å². The number of aliphatic hydroxyl groups excluding tert-OH is 1. The molecule has 0 aromatic heterocycles. The Morgan fingerprint density at radius 2 is 1.78 bits per heavy atom. The highest BCUT2D eigenvalue weighted by atomic mass is 16.5. The second-order valence-corrected chi connectivity index (χ2v) is 5.72. The van der Waals surface area contributed by atoms with E-state index in [0.717, 1.165) is 32.7 Å². The van der Waals surface area contributed by atoms with Gasteiger partial charge in [-0.05, 0) is 0 Å². The molecule has 1 rings (SSSR count). The van der Waals surface area contributed by atoms with Gasteiger partial charge in [0, 0.05) is 38.1 Å². The summed E-state index contributed by atoms with van der Waals surface area (Å²) >= 11 is 0. The van der Waals surface area contributed by atoms with Crippen LogP contribution in [0.15, 0.2) is 0 Å². The van der Waals surface area contributed by atoms with Crippen LogP contribution in [0, 0.1) is 5.41 Å². The van der Waals surface area contributed by atoms with Gasteiger partial charge in [0.1, 0.15) is 0 Å². The molecule has 0 radical (unpaired) electrons. The first-order valence-electron chi connectivity index (χ1n) is 6.65. The van der Waals surface area contributed by atoms with E-state index < -0.39 is 0 Å². The Kier molecular flexibility index (Phi) is 6.05. The summed E-state index contributed by atoms with van der Waals surface area (Å²) in [6.07, 6.45) is 0. The van der Waals surface area contributed by atoms with E-state index in [0.29, 0.717) is 13.2 Å². The molecular weight excluding hydrogens is 232 g/mol. The highest BCUT2D eigenvalue weighted by Crippen LogP contribution is 2.18. The van der Waals surface area contributed by atoms with Crippen molar-refractivity contribution in [3.8, 4) is 0 Å². The van der Waals surface area contributed by atoms with Crippen LogP contribution in [0.4, 0.5) is 0 Å².